The van der Waals surface area contributed by atoms with Crippen LogP contribution < -0.4 is 5.32 Å². The first-order valence-electron chi connectivity index (χ1n) is 12.5. The number of hydrogen-bond donors (Lipinski definition) is 1. The summed E-state index contributed by atoms with van der Waals surface area (Å²) in [6.45, 7) is 4.79. The third-order valence-corrected chi connectivity index (χ3v) is 7.26. The van der Waals surface area contributed by atoms with E-state index in [1.165, 1.54) is 16.7 Å². The summed E-state index contributed by atoms with van der Waals surface area (Å²) in [5.74, 6) is -0.000295. The Morgan fingerprint density at radius 3 is 2.41 bits per heavy atom. The van der Waals surface area contributed by atoms with Crippen molar-refractivity contribution < 1.29 is 18.8 Å². The van der Waals surface area contributed by atoms with E-state index in [1.54, 1.807) is 0 Å². The summed E-state index contributed by atoms with van der Waals surface area (Å²) in [4.78, 5) is 43.6. The van der Waals surface area contributed by atoms with Gasteiger partial charge in [0.1, 0.15) is 11.6 Å². The molecule has 1 unspecified atom stereocenters. The van der Waals surface area contributed by atoms with Crippen LogP contribution >= 0.6 is 24.2 Å². The van der Waals surface area contributed by atoms with Gasteiger partial charge in [-0.25, -0.2) is 0 Å². The molecule has 1 saturated carbocycles. The Morgan fingerprint density at radius 1 is 1.14 bits per heavy atom. The van der Waals surface area contributed by atoms with Crippen molar-refractivity contribution in [3.63, 3.8) is 0 Å². The molecule has 11 heteroatoms. The average molecular weight is 552 g/mol. The first-order valence-corrected chi connectivity index (χ1v) is 13.5. The lowest BCUT2D eigenvalue weighted by Crippen LogP contribution is -2.62. The van der Waals surface area contributed by atoms with Crippen LogP contribution in [0.1, 0.15) is 63.1 Å². The Kier molecular flexibility index (Phi) is 12.1. The topological polar surface area (TPSA) is 109 Å². The fraction of sp³-hybridized carbons (Fsp3) is 0.577. The van der Waals surface area contributed by atoms with Gasteiger partial charge < -0.3 is 19.5 Å². The van der Waals surface area contributed by atoms with Crippen LogP contribution in [0.3, 0.4) is 0 Å². The van der Waals surface area contributed by atoms with E-state index < -0.39 is 17.4 Å². The number of ketones is 1. The zero-order valence-electron chi connectivity index (χ0n) is 22.0. The van der Waals surface area contributed by atoms with E-state index in [0.29, 0.717) is 36.6 Å². The number of Topliss-reactive ketones (excluding diaryl/α,β-unsaturated/α-hetero) is 1. The van der Waals surface area contributed by atoms with Crippen molar-refractivity contribution in [3.05, 3.63) is 36.2 Å². The molecule has 0 spiro atoms. The highest BCUT2D eigenvalue weighted by molar-refractivity contribution is 7.99. The van der Waals surface area contributed by atoms with Crippen molar-refractivity contribution in [1.82, 2.24) is 20.0 Å². The summed E-state index contributed by atoms with van der Waals surface area (Å²) < 4.78 is 5.69. The van der Waals surface area contributed by atoms with Crippen molar-refractivity contribution in [2.45, 2.75) is 69.2 Å². The van der Waals surface area contributed by atoms with Gasteiger partial charge in [-0.15, -0.1) is 22.6 Å². The van der Waals surface area contributed by atoms with Gasteiger partial charge in [-0.05, 0) is 51.4 Å². The van der Waals surface area contributed by atoms with Crippen molar-refractivity contribution in [1.29, 1.82) is 0 Å². The number of carbonyl (C=O) groups is 3. The zero-order valence-corrected chi connectivity index (χ0v) is 23.6. The average Bonchev–Trinajstić information content (AvgIpc) is 3.33. The van der Waals surface area contributed by atoms with Gasteiger partial charge in [-0.1, -0.05) is 63.1 Å². The largest absolute Gasteiger partial charge is 0.408 e. The number of para-hydroxylation sites is 1. The van der Waals surface area contributed by atoms with E-state index in [1.807, 2.05) is 63.2 Å². The lowest BCUT2D eigenvalue weighted by molar-refractivity contribution is -0.142. The SMILES string of the molecule is CC(C)CC(C(=O)c1nnc(SCCN(C)C)o1)N(C=O)C1(C(=O)Nc2ccccc2)CCCCC1.Cl. The van der Waals surface area contributed by atoms with Crippen molar-refractivity contribution >= 4 is 48.0 Å². The van der Waals surface area contributed by atoms with Crippen LogP contribution in [0.5, 0.6) is 0 Å². The molecule has 0 radical (unpaired) electrons. The number of nitrogens with zero attached hydrogens (tertiary/aromatic N) is 4. The highest BCUT2D eigenvalue weighted by atomic mass is 35.5. The molecule has 1 aromatic carbocycles. The molecular formula is C26H38ClN5O4S. The molecule has 0 aliphatic heterocycles. The fourth-order valence-corrected chi connectivity index (χ4v) is 5.47. The molecule has 2 amide bonds. The third-order valence-electron chi connectivity index (χ3n) is 6.46. The molecule has 0 bridgehead atoms. The van der Waals surface area contributed by atoms with Crippen LogP contribution in [-0.2, 0) is 9.59 Å². The molecule has 204 valence electrons. The van der Waals surface area contributed by atoms with Gasteiger partial charge in [0.05, 0.1) is 0 Å². The molecule has 1 aliphatic carbocycles. The van der Waals surface area contributed by atoms with Crippen LogP contribution in [0, 0.1) is 5.92 Å². The number of benzene rings is 1. The second-order valence-electron chi connectivity index (χ2n) is 9.96. The normalized spacial score (nSPS) is 15.6. The van der Waals surface area contributed by atoms with E-state index in [2.05, 4.69) is 15.5 Å². The molecule has 1 heterocycles. The summed E-state index contributed by atoms with van der Waals surface area (Å²) in [5.41, 5.74) is -0.477. The third kappa shape index (κ3) is 8.02. The summed E-state index contributed by atoms with van der Waals surface area (Å²) >= 11 is 1.38. The predicted octanol–water partition coefficient (Wildman–Crippen LogP) is 4.54. The highest BCUT2D eigenvalue weighted by Crippen LogP contribution is 2.37. The number of aromatic nitrogens is 2. The van der Waals surface area contributed by atoms with Crippen LogP contribution in [-0.4, -0.2) is 76.1 Å². The lowest BCUT2D eigenvalue weighted by atomic mass is 9.77. The van der Waals surface area contributed by atoms with Gasteiger partial charge in [-0.2, -0.15) is 0 Å². The van der Waals surface area contributed by atoms with Crippen LogP contribution in [0.4, 0.5) is 5.69 Å². The molecule has 1 aromatic heterocycles. The van der Waals surface area contributed by atoms with Gasteiger partial charge >= 0.3 is 0 Å². The highest BCUT2D eigenvalue weighted by Gasteiger charge is 2.49. The van der Waals surface area contributed by atoms with E-state index >= 15 is 0 Å². The maximum absolute atomic E-state index is 13.7. The number of amides is 2. The quantitative estimate of drug-likeness (QED) is 0.219. The van der Waals surface area contributed by atoms with E-state index in [0.717, 1.165) is 31.6 Å². The van der Waals surface area contributed by atoms with Crippen LogP contribution in [0.15, 0.2) is 40.0 Å². The second kappa shape index (κ2) is 14.5. The van der Waals surface area contributed by atoms with Crippen LogP contribution in [0.2, 0.25) is 0 Å². The maximum Gasteiger partial charge on any atom is 0.286 e. The number of halogens is 1. The number of anilines is 1. The van der Waals surface area contributed by atoms with E-state index in [9.17, 15) is 14.4 Å². The lowest BCUT2D eigenvalue weighted by Gasteiger charge is -2.46. The van der Waals surface area contributed by atoms with E-state index in [-0.39, 0.29) is 30.1 Å². The number of rotatable bonds is 13. The minimum absolute atomic E-state index is 0. The molecule has 1 atom stereocenters. The first-order chi connectivity index (χ1) is 17.3. The summed E-state index contributed by atoms with van der Waals surface area (Å²) in [7, 11) is 3.95. The summed E-state index contributed by atoms with van der Waals surface area (Å²) in [5, 5.41) is 11.3. The second-order valence-corrected chi connectivity index (χ2v) is 11.0. The summed E-state index contributed by atoms with van der Waals surface area (Å²) in [6, 6.07) is 8.29. The number of hydrogen-bond acceptors (Lipinski definition) is 8. The fourth-order valence-electron chi connectivity index (χ4n) is 4.60. The zero-order chi connectivity index (χ0) is 26.1. The molecule has 1 N–H and O–H groups in total. The first kappa shape index (κ1) is 30.8. The van der Waals surface area contributed by atoms with Gasteiger partial charge in [0.2, 0.25) is 18.1 Å². The molecule has 1 aliphatic rings. The molecular weight excluding hydrogens is 514 g/mol. The van der Waals surface area contributed by atoms with Crippen LogP contribution in [0.25, 0.3) is 0 Å². The van der Waals surface area contributed by atoms with Gasteiger partial charge in [0.15, 0.2) is 0 Å². The van der Waals surface area contributed by atoms with Gasteiger partial charge in [0, 0.05) is 18.0 Å². The number of thioether (sulfide) groups is 1. The Morgan fingerprint density at radius 2 is 1.81 bits per heavy atom. The molecule has 1 fully saturated rings. The molecule has 37 heavy (non-hydrogen) atoms. The Hall–Kier alpha value is -2.43. The Balaban J connectivity index is 0.00000481. The standard InChI is InChI=1S/C26H37N5O4S.ClH/c1-19(2)17-21(22(33)23-28-29-25(35-23)36-16-15-30(3)4)31(18-32)26(13-9-6-10-14-26)24(34)27-20-11-7-5-8-12-20;/h5,7-8,11-12,18-19,21H,6,9-10,13-17H2,1-4H3,(H,27,34);1H. The van der Waals surface area contributed by atoms with Crippen molar-refractivity contribution in [2.75, 3.05) is 31.7 Å². The minimum Gasteiger partial charge on any atom is -0.408 e. The number of nitrogens with one attached hydrogen (secondary N) is 1. The molecule has 3 rings (SSSR count). The Bertz CT molecular complexity index is 1010. The van der Waals surface area contributed by atoms with Gasteiger partial charge in [0.25, 0.3) is 11.1 Å². The maximum atomic E-state index is 13.7. The minimum atomic E-state index is -1.13. The smallest absolute Gasteiger partial charge is 0.286 e. The predicted molar refractivity (Wildman–Crippen MR) is 147 cm³/mol. The van der Waals surface area contributed by atoms with Crippen molar-refractivity contribution in [2.24, 2.45) is 5.92 Å². The molecule has 0 saturated heterocycles. The number of carbonyl (C=O) groups excluding carboxylic acids is 3. The van der Waals surface area contributed by atoms with E-state index in [4.69, 9.17) is 4.42 Å². The molecule has 2 aromatic rings. The monoisotopic (exact) mass is 551 g/mol. The summed E-state index contributed by atoms with van der Waals surface area (Å²) in [6.07, 6.45) is 4.58. The van der Waals surface area contributed by atoms with Crippen molar-refractivity contribution in [3.8, 4) is 0 Å². The Labute approximate surface area is 229 Å². The molecule has 9 nitrogen and oxygen atoms in total. The van der Waals surface area contributed by atoms with Gasteiger partial charge in [-0.3, -0.25) is 14.4 Å².